The molecule has 2 aliphatic rings. The van der Waals surface area contributed by atoms with Crippen molar-refractivity contribution in [3.8, 4) is 0 Å². The molecule has 0 saturated carbocycles. The summed E-state index contributed by atoms with van der Waals surface area (Å²) in [4.78, 5) is 14.8. The highest BCUT2D eigenvalue weighted by Gasteiger charge is 2.30. The third-order valence-electron chi connectivity index (χ3n) is 4.80. The lowest BCUT2D eigenvalue weighted by atomic mass is 10.1. The van der Waals surface area contributed by atoms with E-state index < -0.39 is 10.0 Å². The molecule has 0 bridgehead atoms. The van der Waals surface area contributed by atoms with Gasteiger partial charge in [0.1, 0.15) is 0 Å². The predicted octanol–water partition coefficient (Wildman–Crippen LogP) is 1.72. The number of amides is 1. The Labute approximate surface area is 143 Å². The summed E-state index contributed by atoms with van der Waals surface area (Å²) in [6.45, 7) is 4.34. The van der Waals surface area contributed by atoms with Crippen molar-refractivity contribution in [2.45, 2.75) is 37.1 Å². The number of benzene rings is 1. The topological polar surface area (TPSA) is 66.9 Å². The molecule has 2 aliphatic heterocycles. The van der Waals surface area contributed by atoms with Gasteiger partial charge in [-0.05, 0) is 37.5 Å². The molecule has 2 heterocycles. The van der Waals surface area contributed by atoms with E-state index in [-0.39, 0.29) is 16.8 Å². The van der Waals surface area contributed by atoms with Crippen LogP contribution in [0.4, 0.5) is 0 Å². The van der Waals surface area contributed by atoms with Crippen LogP contribution in [-0.2, 0) is 14.8 Å². The Morgan fingerprint density at radius 3 is 2.71 bits per heavy atom. The first-order valence-electron chi connectivity index (χ1n) is 8.53. The van der Waals surface area contributed by atoms with Crippen molar-refractivity contribution in [2.24, 2.45) is 0 Å². The van der Waals surface area contributed by atoms with Gasteiger partial charge in [-0.1, -0.05) is 13.0 Å². The van der Waals surface area contributed by atoms with E-state index >= 15 is 0 Å². The minimum absolute atomic E-state index is 0.0709. The Kier molecular flexibility index (Phi) is 5.22. The predicted molar refractivity (Wildman–Crippen MR) is 90.4 cm³/mol. The Bertz CT molecular complexity index is 698. The summed E-state index contributed by atoms with van der Waals surface area (Å²) in [5, 5.41) is 0. The van der Waals surface area contributed by atoms with Crippen molar-refractivity contribution < 1.29 is 17.9 Å². The highest BCUT2D eigenvalue weighted by molar-refractivity contribution is 7.89. The van der Waals surface area contributed by atoms with E-state index in [4.69, 9.17) is 4.74 Å². The van der Waals surface area contributed by atoms with Crippen LogP contribution in [0.3, 0.4) is 0 Å². The smallest absolute Gasteiger partial charge is 0.254 e. The number of nitrogens with zero attached hydrogens (tertiary/aromatic N) is 2. The number of ether oxygens (including phenoxy) is 1. The third-order valence-corrected chi connectivity index (χ3v) is 6.69. The number of hydrogen-bond acceptors (Lipinski definition) is 4. The van der Waals surface area contributed by atoms with Crippen molar-refractivity contribution in [1.29, 1.82) is 0 Å². The summed E-state index contributed by atoms with van der Waals surface area (Å²) < 4.78 is 32.1. The minimum atomic E-state index is -3.58. The largest absolute Gasteiger partial charge is 0.379 e. The molecule has 1 unspecified atom stereocenters. The zero-order valence-electron chi connectivity index (χ0n) is 14.0. The molecule has 0 aliphatic carbocycles. The molecule has 132 valence electrons. The molecule has 1 aromatic carbocycles. The average molecular weight is 352 g/mol. The van der Waals surface area contributed by atoms with Gasteiger partial charge in [-0.25, -0.2) is 8.42 Å². The van der Waals surface area contributed by atoms with Crippen molar-refractivity contribution in [2.75, 3.05) is 32.8 Å². The number of rotatable bonds is 4. The van der Waals surface area contributed by atoms with Crippen molar-refractivity contribution in [3.05, 3.63) is 29.8 Å². The van der Waals surface area contributed by atoms with Crippen molar-refractivity contribution in [1.82, 2.24) is 9.21 Å². The van der Waals surface area contributed by atoms with Crippen LogP contribution in [0.5, 0.6) is 0 Å². The van der Waals surface area contributed by atoms with E-state index in [1.54, 1.807) is 18.2 Å². The Balaban J connectivity index is 1.85. The molecular formula is C17H24N2O4S. The average Bonchev–Trinajstić information content (AvgIpc) is 3.10. The highest BCUT2D eigenvalue weighted by atomic mass is 32.2. The molecule has 7 heteroatoms. The van der Waals surface area contributed by atoms with Gasteiger partial charge in [0.2, 0.25) is 10.0 Å². The second-order valence-electron chi connectivity index (χ2n) is 6.25. The van der Waals surface area contributed by atoms with Crippen LogP contribution in [0.2, 0.25) is 0 Å². The van der Waals surface area contributed by atoms with E-state index in [0.29, 0.717) is 31.9 Å². The molecule has 2 saturated heterocycles. The number of carbonyl (C=O) groups excluding carboxylic acids is 1. The summed E-state index contributed by atoms with van der Waals surface area (Å²) in [7, 11) is -3.58. The second-order valence-corrected chi connectivity index (χ2v) is 8.19. The lowest BCUT2D eigenvalue weighted by molar-refractivity contribution is 0.0727. The summed E-state index contributed by atoms with van der Waals surface area (Å²) in [6, 6.07) is 6.68. The fraction of sp³-hybridized carbons (Fsp3) is 0.588. The van der Waals surface area contributed by atoms with Gasteiger partial charge in [-0.15, -0.1) is 0 Å². The molecule has 0 spiro atoms. The quantitative estimate of drug-likeness (QED) is 0.828. The minimum Gasteiger partial charge on any atom is -0.379 e. The Hall–Kier alpha value is -1.44. The second kappa shape index (κ2) is 7.21. The van der Waals surface area contributed by atoms with Crippen LogP contribution in [0.15, 0.2) is 29.2 Å². The first kappa shape index (κ1) is 17.4. The number of sulfonamides is 1. The van der Waals surface area contributed by atoms with Crippen LogP contribution in [0.25, 0.3) is 0 Å². The van der Waals surface area contributed by atoms with E-state index in [1.807, 2.05) is 4.90 Å². The summed E-state index contributed by atoms with van der Waals surface area (Å²) in [5.41, 5.74) is 0.449. The molecule has 1 aromatic rings. The van der Waals surface area contributed by atoms with Gasteiger partial charge >= 0.3 is 0 Å². The first-order valence-corrected chi connectivity index (χ1v) is 9.97. The van der Waals surface area contributed by atoms with Gasteiger partial charge in [-0.3, -0.25) is 4.79 Å². The van der Waals surface area contributed by atoms with Crippen LogP contribution in [-0.4, -0.2) is 62.4 Å². The van der Waals surface area contributed by atoms with Gasteiger partial charge in [0.25, 0.3) is 5.91 Å². The highest BCUT2D eigenvalue weighted by Crippen LogP contribution is 2.24. The van der Waals surface area contributed by atoms with Crippen LogP contribution in [0.1, 0.15) is 36.5 Å². The zero-order chi connectivity index (χ0) is 17.2. The molecule has 0 aromatic heterocycles. The normalized spacial score (nSPS) is 22.7. The summed E-state index contributed by atoms with van der Waals surface area (Å²) >= 11 is 0. The van der Waals surface area contributed by atoms with Gasteiger partial charge in [-0.2, -0.15) is 4.31 Å². The molecule has 6 nitrogen and oxygen atoms in total. The van der Waals surface area contributed by atoms with E-state index in [2.05, 4.69) is 6.92 Å². The monoisotopic (exact) mass is 352 g/mol. The lowest BCUT2D eigenvalue weighted by Gasteiger charge is -2.26. The maximum Gasteiger partial charge on any atom is 0.254 e. The fourth-order valence-electron chi connectivity index (χ4n) is 3.42. The SMILES string of the molecule is CCC1CCCN1C(=O)c1cccc(S(=O)(=O)N2CCOCC2)c1. The molecule has 0 radical (unpaired) electrons. The number of morpholine rings is 1. The standard InChI is InChI=1S/C17H24N2O4S/c1-2-15-6-4-8-19(15)17(20)14-5-3-7-16(13-14)24(21,22)18-9-11-23-12-10-18/h3,5,7,13,15H,2,4,6,8-12H2,1H3. The lowest BCUT2D eigenvalue weighted by Crippen LogP contribution is -2.40. The van der Waals surface area contributed by atoms with Gasteiger partial charge in [0.15, 0.2) is 0 Å². The molecule has 24 heavy (non-hydrogen) atoms. The zero-order valence-corrected chi connectivity index (χ0v) is 14.8. The Morgan fingerprint density at radius 1 is 1.25 bits per heavy atom. The fourth-order valence-corrected chi connectivity index (χ4v) is 4.87. The molecule has 1 amide bonds. The first-order chi connectivity index (χ1) is 11.5. The molecule has 1 atom stereocenters. The van der Waals surface area contributed by atoms with Crippen molar-refractivity contribution in [3.63, 3.8) is 0 Å². The van der Waals surface area contributed by atoms with Gasteiger partial charge < -0.3 is 9.64 Å². The van der Waals surface area contributed by atoms with Gasteiger partial charge in [0, 0.05) is 31.2 Å². The summed E-state index contributed by atoms with van der Waals surface area (Å²) in [6.07, 6.45) is 2.96. The molecule has 0 N–H and O–H groups in total. The van der Waals surface area contributed by atoms with Crippen LogP contribution < -0.4 is 0 Å². The maximum atomic E-state index is 12.8. The maximum absolute atomic E-state index is 12.8. The van der Waals surface area contributed by atoms with E-state index in [0.717, 1.165) is 25.8 Å². The van der Waals surface area contributed by atoms with Crippen molar-refractivity contribution >= 4 is 15.9 Å². The van der Waals surface area contributed by atoms with Crippen LogP contribution in [0, 0.1) is 0 Å². The summed E-state index contributed by atoms with van der Waals surface area (Å²) in [5.74, 6) is -0.0709. The number of carbonyl (C=O) groups is 1. The number of likely N-dealkylation sites (tertiary alicyclic amines) is 1. The van der Waals surface area contributed by atoms with E-state index in [1.165, 1.54) is 10.4 Å². The van der Waals surface area contributed by atoms with Gasteiger partial charge in [0.05, 0.1) is 18.1 Å². The van der Waals surface area contributed by atoms with Crippen LogP contribution >= 0.6 is 0 Å². The molecular weight excluding hydrogens is 328 g/mol. The molecule has 2 fully saturated rings. The molecule has 3 rings (SSSR count). The third kappa shape index (κ3) is 3.34. The number of hydrogen-bond donors (Lipinski definition) is 0. The van der Waals surface area contributed by atoms with E-state index in [9.17, 15) is 13.2 Å². The Morgan fingerprint density at radius 2 is 2.00 bits per heavy atom.